The number of carbonyl (C=O) groups excluding carboxylic acids is 1. The third-order valence-corrected chi connectivity index (χ3v) is 2.18. The van der Waals surface area contributed by atoms with Gasteiger partial charge in [0.2, 0.25) is 0 Å². The van der Waals surface area contributed by atoms with Crippen molar-refractivity contribution in [3.8, 4) is 0 Å². The summed E-state index contributed by atoms with van der Waals surface area (Å²) in [6.45, 7) is 2.10. The summed E-state index contributed by atoms with van der Waals surface area (Å²) in [5.74, 6) is -0.569. The van der Waals surface area contributed by atoms with E-state index in [-0.39, 0.29) is 44.3 Å². The number of hydrogen-bond acceptors (Lipinski definition) is 4. The summed E-state index contributed by atoms with van der Waals surface area (Å²) in [7, 11) is -4.08. The molecule has 5 nitrogen and oxygen atoms in total. The van der Waals surface area contributed by atoms with E-state index in [0.717, 1.165) is 6.92 Å². The van der Waals surface area contributed by atoms with E-state index in [1.807, 2.05) is 0 Å². The van der Waals surface area contributed by atoms with Gasteiger partial charge in [0.25, 0.3) is 10.1 Å². The Labute approximate surface area is 101 Å². The van der Waals surface area contributed by atoms with Crippen molar-refractivity contribution in [1.29, 1.82) is 0 Å². The van der Waals surface area contributed by atoms with Crippen LogP contribution in [0.5, 0.6) is 0 Å². The summed E-state index contributed by atoms with van der Waals surface area (Å²) in [5.41, 5.74) is 0. The molecule has 0 fully saturated rings. The average Bonchev–Trinajstić information content (AvgIpc) is 1.80. The van der Waals surface area contributed by atoms with Crippen LogP contribution in [0.25, 0.3) is 0 Å². The monoisotopic (exact) mass is 222 g/mol. The van der Waals surface area contributed by atoms with Crippen molar-refractivity contribution in [2.24, 2.45) is 0 Å². The van der Waals surface area contributed by atoms with E-state index in [4.69, 9.17) is 4.55 Å². The van der Waals surface area contributed by atoms with Crippen LogP contribution in [-0.2, 0) is 19.6 Å². The molecule has 1 N–H and O–H groups in total. The predicted molar refractivity (Wildman–Crippen MR) is 43.4 cm³/mol. The van der Waals surface area contributed by atoms with Crippen molar-refractivity contribution < 1.29 is 22.5 Å². The van der Waals surface area contributed by atoms with Gasteiger partial charge in [0.05, 0.1) is 0 Å². The molecule has 0 amide bonds. The molecule has 1 atom stereocenters. The molecule has 0 saturated carbocycles. The molecule has 0 aromatic heterocycles. The summed E-state index contributed by atoms with van der Waals surface area (Å²) < 4.78 is 33.3. The van der Waals surface area contributed by atoms with Crippen LogP contribution >= 0.6 is 0 Å². The molecular weight excluding hydrogens is 212 g/mol. The molecule has 0 aliphatic heterocycles. The number of hydrogen-bond donors (Lipinski definition) is 1. The van der Waals surface area contributed by atoms with Crippen LogP contribution in [0.4, 0.5) is 0 Å². The maximum absolute atomic E-state index is 10.3. The third-order valence-electron chi connectivity index (χ3n) is 1.03. The van der Waals surface area contributed by atoms with Crippen LogP contribution in [0, 0.1) is 0 Å². The van der Waals surface area contributed by atoms with Gasteiger partial charge in [-0.25, -0.2) is 0 Å². The van der Waals surface area contributed by atoms with Crippen molar-refractivity contribution in [3.63, 3.8) is 0 Å². The zero-order valence-electron chi connectivity index (χ0n) is 6.98. The number of esters is 1. The average molecular weight is 222 g/mol. The third kappa shape index (κ3) is 7.30. The van der Waals surface area contributed by atoms with Crippen LogP contribution in [0.3, 0.4) is 0 Å². The Bertz CT molecular complexity index is 234. The summed E-state index contributed by atoms with van der Waals surface area (Å²) >= 11 is 0. The van der Waals surface area contributed by atoms with Crippen molar-refractivity contribution in [3.05, 3.63) is 0 Å². The first-order valence-electron chi connectivity index (χ1n) is 2.93. The first-order chi connectivity index (χ1) is 4.84. The molecule has 0 bridgehead atoms. The van der Waals surface area contributed by atoms with Crippen LogP contribution in [0.1, 0.15) is 13.8 Å². The Morgan fingerprint density at radius 3 is 2.25 bits per heavy atom. The fourth-order valence-electron chi connectivity index (χ4n) is 0.321. The SMILES string of the molecule is CC(=O)OCC(C)S(=O)(=O)O.[Ca]. The van der Waals surface area contributed by atoms with Crippen LogP contribution in [-0.4, -0.2) is 68.5 Å². The summed E-state index contributed by atoms with van der Waals surface area (Å²) in [5, 5.41) is -1.06. The number of ether oxygens (including phenoxy) is 1. The van der Waals surface area contributed by atoms with Crippen LogP contribution < -0.4 is 0 Å². The van der Waals surface area contributed by atoms with Gasteiger partial charge in [-0.1, -0.05) is 0 Å². The van der Waals surface area contributed by atoms with Gasteiger partial charge in [-0.15, -0.1) is 0 Å². The number of rotatable bonds is 3. The molecule has 1 unspecified atom stereocenters. The van der Waals surface area contributed by atoms with E-state index < -0.39 is 21.3 Å². The van der Waals surface area contributed by atoms with E-state index in [1.54, 1.807) is 0 Å². The van der Waals surface area contributed by atoms with Gasteiger partial charge in [-0.3, -0.25) is 9.35 Å². The molecule has 0 aromatic carbocycles. The topological polar surface area (TPSA) is 80.7 Å². The minimum atomic E-state index is -4.08. The second-order valence-electron chi connectivity index (χ2n) is 2.13. The van der Waals surface area contributed by atoms with Gasteiger partial charge in [0.15, 0.2) is 0 Å². The van der Waals surface area contributed by atoms with E-state index in [0.29, 0.717) is 0 Å². The van der Waals surface area contributed by atoms with E-state index >= 15 is 0 Å². The molecule has 0 aliphatic rings. The summed E-state index contributed by atoms with van der Waals surface area (Å²) in [6, 6.07) is 0. The standard InChI is InChI=1S/C5H10O5S.Ca/c1-4(11(7,8)9)3-10-5(2)6;/h4H,3H2,1-2H3,(H,7,8,9);. The van der Waals surface area contributed by atoms with Gasteiger partial charge in [-0.2, -0.15) is 8.42 Å². The molecule has 12 heavy (non-hydrogen) atoms. The quantitative estimate of drug-likeness (QED) is 0.393. The first kappa shape index (κ1) is 15.1. The largest absolute Gasteiger partial charge is 0.464 e. The van der Waals surface area contributed by atoms with Crippen molar-refractivity contribution >= 4 is 53.8 Å². The molecule has 0 aromatic rings. The number of carbonyl (C=O) groups is 1. The van der Waals surface area contributed by atoms with Crippen LogP contribution in [0.15, 0.2) is 0 Å². The molecular formula is C5H10CaO5S. The second-order valence-corrected chi connectivity index (χ2v) is 3.96. The maximum Gasteiger partial charge on any atom is 0.302 e. The minimum Gasteiger partial charge on any atom is -0.464 e. The molecule has 0 saturated heterocycles. The summed E-state index contributed by atoms with van der Waals surface area (Å²) in [4.78, 5) is 10.2. The second kappa shape index (κ2) is 6.15. The molecule has 2 radical (unpaired) electrons. The fraction of sp³-hybridized carbons (Fsp3) is 0.800. The Balaban J connectivity index is 0. The van der Waals surface area contributed by atoms with Crippen molar-refractivity contribution in [2.75, 3.05) is 6.61 Å². The molecule has 7 heteroatoms. The predicted octanol–water partition coefficient (Wildman–Crippen LogP) is -0.555. The van der Waals surface area contributed by atoms with E-state index in [9.17, 15) is 13.2 Å². The zero-order chi connectivity index (χ0) is 9.07. The Morgan fingerprint density at radius 1 is 1.58 bits per heavy atom. The molecule has 68 valence electrons. The fourth-order valence-corrected chi connectivity index (χ4v) is 0.561. The molecule has 0 heterocycles. The minimum absolute atomic E-state index is 0. The Morgan fingerprint density at radius 2 is 2.00 bits per heavy atom. The zero-order valence-corrected chi connectivity index (χ0v) is 10.0. The Hall–Kier alpha value is 0.640. The van der Waals surface area contributed by atoms with E-state index in [1.165, 1.54) is 6.92 Å². The normalized spacial score (nSPS) is 12.9. The molecule has 0 spiro atoms. The molecule has 0 aliphatic carbocycles. The van der Waals surface area contributed by atoms with Gasteiger partial charge >= 0.3 is 5.97 Å². The van der Waals surface area contributed by atoms with Crippen molar-refractivity contribution in [1.82, 2.24) is 0 Å². The Kier molecular flexibility index (Phi) is 7.75. The summed E-state index contributed by atoms with van der Waals surface area (Å²) in [6.07, 6.45) is 0. The van der Waals surface area contributed by atoms with E-state index in [2.05, 4.69) is 4.74 Å². The van der Waals surface area contributed by atoms with Crippen LogP contribution in [0.2, 0.25) is 0 Å². The van der Waals surface area contributed by atoms with Crippen molar-refractivity contribution in [2.45, 2.75) is 19.1 Å². The smallest absolute Gasteiger partial charge is 0.302 e. The van der Waals surface area contributed by atoms with Gasteiger partial charge < -0.3 is 4.74 Å². The maximum atomic E-state index is 10.3. The van der Waals surface area contributed by atoms with Gasteiger partial charge in [0.1, 0.15) is 11.9 Å². The first-order valence-corrected chi connectivity index (χ1v) is 4.44. The molecule has 0 rings (SSSR count). The van der Waals surface area contributed by atoms with Gasteiger partial charge in [-0.05, 0) is 6.92 Å². The van der Waals surface area contributed by atoms with Gasteiger partial charge in [0, 0.05) is 44.7 Å².